The van der Waals surface area contributed by atoms with Gasteiger partial charge in [0.25, 0.3) is 0 Å². The monoisotopic (exact) mass is 392 g/mol. The van der Waals surface area contributed by atoms with Gasteiger partial charge in [-0.15, -0.1) is 0 Å². The van der Waals surface area contributed by atoms with Crippen LogP contribution in [0.1, 0.15) is 35.1 Å². The van der Waals surface area contributed by atoms with Crippen LogP contribution in [0.2, 0.25) is 0 Å². The minimum Gasteiger partial charge on any atom is -1.00 e. The lowest BCUT2D eigenvalue weighted by atomic mass is 10.1. The third kappa shape index (κ3) is 8.50. The van der Waals surface area contributed by atoms with Crippen LogP contribution in [0.15, 0.2) is 53.5 Å². The Morgan fingerprint density at radius 3 is 2.07 bits per heavy atom. The quantitative estimate of drug-likeness (QED) is 0.368. The molecule has 0 saturated carbocycles. The molecule has 0 fully saturated rings. The third-order valence-electron chi connectivity index (χ3n) is 4.39. The van der Waals surface area contributed by atoms with Crippen molar-refractivity contribution in [3.63, 3.8) is 0 Å². The molecule has 2 aromatic carbocycles. The highest BCUT2D eigenvalue weighted by Gasteiger charge is 2.09. The average molecular weight is 392 g/mol. The Kier molecular flexibility index (Phi) is 10.8. The van der Waals surface area contributed by atoms with Gasteiger partial charge in [0.1, 0.15) is 13.6 Å². The van der Waals surface area contributed by atoms with Crippen molar-refractivity contribution in [1.82, 2.24) is 0 Å². The van der Waals surface area contributed by atoms with Crippen LogP contribution in [0.4, 0.5) is 12.9 Å². The zero-order valence-corrected chi connectivity index (χ0v) is 16.0. The molecule has 0 spiro atoms. The maximum absolute atomic E-state index is 9.67. The van der Waals surface area contributed by atoms with E-state index >= 15 is 0 Å². The molecule has 0 atom stereocenters. The number of aryl methyl sites for hydroxylation is 2. The fourth-order valence-corrected chi connectivity index (χ4v) is 3.12. The van der Waals surface area contributed by atoms with E-state index in [2.05, 4.69) is 71.4 Å². The Bertz CT molecular complexity index is 776. The number of nitrogens with zero attached hydrogens (tertiary/aromatic N) is 2. The first kappa shape index (κ1) is 23.6. The number of aliphatic imine (C=N–C) groups is 1. The summed E-state index contributed by atoms with van der Waals surface area (Å²) in [5.41, 5.74) is 5.61. The first-order chi connectivity index (χ1) is 13.1. The van der Waals surface area contributed by atoms with Crippen LogP contribution in [0, 0.1) is 0 Å². The molecule has 2 aliphatic rings. The second kappa shape index (κ2) is 12.9. The van der Waals surface area contributed by atoms with Gasteiger partial charge in [-0.1, -0.05) is 42.5 Å². The fourth-order valence-electron chi connectivity index (χ4n) is 3.12. The summed E-state index contributed by atoms with van der Waals surface area (Å²) in [4.78, 5) is 4.29. The summed E-state index contributed by atoms with van der Waals surface area (Å²) in [6, 6.07) is 17.1. The van der Waals surface area contributed by atoms with Gasteiger partial charge >= 0.3 is 7.54 Å². The molecule has 0 N–H and O–H groups in total. The van der Waals surface area contributed by atoms with Crippen LogP contribution in [-0.2, 0) is 12.8 Å². The molecule has 2 aromatic rings. The van der Waals surface area contributed by atoms with Gasteiger partial charge in [0.05, 0.1) is 0 Å². The Labute approximate surface area is 164 Å². The van der Waals surface area contributed by atoms with Crippen LogP contribution in [-0.4, -0.2) is 44.7 Å². The molecule has 0 amide bonds. The molecule has 2 aliphatic heterocycles. The van der Waals surface area contributed by atoms with Crippen LogP contribution < -0.4 is 4.70 Å². The number of rotatable bonds is 0. The maximum atomic E-state index is 9.67. The highest BCUT2D eigenvalue weighted by Crippen LogP contribution is 2.12. The first-order valence-electron chi connectivity index (χ1n) is 9.19. The van der Waals surface area contributed by atoms with E-state index in [9.17, 15) is 12.9 Å². The van der Waals surface area contributed by atoms with Gasteiger partial charge in [0, 0.05) is 24.7 Å². The molecule has 28 heavy (non-hydrogen) atoms. The van der Waals surface area contributed by atoms with Crippen LogP contribution in [0.3, 0.4) is 0 Å². The smallest absolute Gasteiger partial charge is 0.762 e. The summed E-state index contributed by atoms with van der Waals surface area (Å²) in [5.74, 6) is 0. The molecule has 0 saturated heterocycles. The van der Waals surface area contributed by atoms with Crippen LogP contribution >= 0.6 is 0 Å². The number of fused-ring (bicyclic) bond motifs is 2. The zero-order chi connectivity index (χ0) is 19.5. The predicted octanol–water partition coefficient (Wildman–Crippen LogP) is 1.63. The minimum absolute atomic E-state index is 0. The standard InChI is InChI=1S/C11H14N.C10H11N.BF3.FH/c1-12-8-4-7-10-5-2-3-6-11(10)9-12;1-2-5-10-8-11-7-3-6-9(10)4-1;2-1(3)4;/h2-3,5-6,9H,4,7-8H2,1H3;1-2,4-5,8H,3,6-7H2;;1H/q+1;;;/p-1. The Morgan fingerprint density at radius 2 is 1.39 bits per heavy atom. The number of halogens is 4. The van der Waals surface area contributed by atoms with Crippen molar-refractivity contribution in [2.75, 3.05) is 20.1 Å². The van der Waals surface area contributed by atoms with E-state index in [-0.39, 0.29) is 4.70 Å². The van der Waals surface area contributed by atoms with E-state index in [4.69, 9.17) is 0 Å². The molecule has 0 unspecified atom stereocenters. The highest BCUT2D eigenvalue weighted by molar-refractivity contribution is 6.33. The first-order valence-corrected chi connectivity index (χ1v) is 9.19. The molecule has 2 nitrogen and oxygen atoms in total. The predicted molar refractivity (Wildman–Crippen MR) is 107 cm³/mol. The van der Waals surface area contributed by atoms with Gasteiger partial charge in [-0.2, -0.15) is 0 Å². The summed E-state index contributed by atoms with van der Waals surface area (Å²) < 4.78 is 31.3. The van der Waals surface area contributed by atoms with Crippen LogP contribution in [0.5, 0.6) is 0 Å². The van der Waals surface area contributed by atoms with E-state index in [0.29, 0.717) is 0 Å². The summed E-state index contributed by atoms with van der Waals surface area (Å²) in [7, 11) is -1.53. The molecule has 2 heterocycles. The van der Waals surface area contributed by atoms with Gasteiger partial charge in [-0.25, -0.2) is 4.58 Å². The lowest BCUT2D eigenvalue weighted by molar-refractivity contribution is -0.491. The zero-order valence-electron chi connectivity index (χ0n) is 16.0. The van der Waals surface area contributed by atoms with Gasteiger partial charge in [0.2, 0.25) is 0 Å². The van der Waals surface area contributed by atoms with E-state index < -0.39 is 7.54 Å². The minimum atomic E-state index is -3.67. The highest BCUT2D eigenvalue weighted by atomic mass is 19.4. The summed E-state index contributed by atoms with van der Waals surface area (Å²) in [6.45, 7) is 2.16. The molecule has 4 rings (SSSR count). The number of benzene rings is 2. The third-order valence-corrected chi connectivity index (χ3v) is 4.39. The van der Waals surface area contributed by atoms with Gasteiger partial charge < -0.3 is 4.70 Å². The van der Waals surface area contributed by atoms with Crippen LogP contribution in [0.25, 0.3) is 0 Å². The Balaban J connectivity index is 0.000000230. The lowest BCUT2D eigenvalue weighted by Gasteiger charge is -1.99. The number of hydrogen-bond donors (Lipinski definition) is 0. The van der Waals surface area contributed by atoms with Crippen molar-refractivity contribution in [1.29, 1.82) is 0 Å². The van der Waals surface area contributed by atoms with Crippen molar-refractivity contribution in [3.05, 3.63) is 70.8 Å². The maximum Gasteiger partial charge on any atom is 0.762 e. The molecular weight excluding hydrogens is 367 g/mol. The van der Waals surface area contributed by atoms with E-state index in [1.165, 1.54) is 54.5 Å². The second-order valence-corrected chi connectivity index (χ2v) is 6.50. The van der Waals surface area contributed by atoms with Gasteiger partial charge in [0.15, 0.2) is 6.21 Å². The summed E-state index contributed by atoms with van der Waals surface area (Å²) in [6.07, 6.45) is 9.08. The molecule has 0 aromatic heterocycles. The van der Waals surface area contributed by atoms with Crippen molar-refractivity contribution in [3.8, 4) is 0 Å². The largest absolute Gasteiger partial charge is 1.00 e. The van der Waals surface area contributed by atoms with E-state index in [1.54, 1.807) is 0 Å². The second-order valence-electron chi connectivity index (χ2n) is 6.50. The molecule has 0 aliphatic carbocycles. The molecule has 0 bridgehead atoms. The Hall–Kier alpha value is -2.44. The summed E-state index contributed by atoms with van der Waals surface area (Å²) >= 11 is 0. The molecule has 7 heteroatoms. The fraction of sp³-hybridized carbons (Fsp3) is 0.333. The molecular formula is C21H25BF4N2. The van der Waals surface area contributed by atoms with Crippen molar-refractivity contribution in [2.45, 2.75) is 25.7 Å². The van der Waals surface area contributed by atoms with Crippen molar-refractivity contribution >= 4 is 20.0 Å². The topological polar surface area (TPSA) is 15.4 Å². The number of hydrogen-bond acceptors (Lipinski definition) is 1. The van der Waals surface area contributed by atoms with Gasteiger partial charge in [-0.05, 0) is 42.0 Å². The van der Waals surface area contributed by atoms with E-state index in [0.717, 1.165) is 6.54 Å². The summed E-state index contributed by atoms with van der Waals surface area (Å²) in [5, 5.41) is 0. The normalized spacial score (nSPS) is 14.1. The average Bonchev–Trinajstić information content (AvgIpc) is 2.99. The lowest BCUT2D eigenvalue weighted by Crippen LogP contribution is -3.00. The SMILES string of the molecule is C1=NCCCc2ccccc21.C[N+]1=Cc2ccccc2CCC1.FB(F)F.[F-]. The van der Waals surface area contributed by atoms with Crippen molar-refractivity contribution < 1.29 is 22.2 Å². The van der Waals surface area contributed by atoms with E-state index in [1.807, 2.05) is 6.21 Å². The van der Waals surface area contributed by atoms with Gasteiger partial charge in [-0.3, -0.25) is 17.9 Å². The molecule has 150 valence electrons. The van der Waals surface area contributed by atoms with Crippen molar-refractivity contribution in [2.24, 2.45) is 4.99 Å². The Morgan fingerprint density at radius 1 is 0.857 bits per heavy atom. The molecule has 0 radical (unpaired) electrons.